The average Bonchev–Trinajstić information content (AvgIpc) is 2.67. The molecule has 3 nitrogen and oxygen atoms in total. The van der Waals surface area contributed by atoms with Crippen molar-refractivity contribution in [1.82, 2.24) is 9.36 Å². The molecule has 0 aliphatic heterocycles. The normalized spacial score (nSPS) is 10.6. The van der Waals surface area contributed by atoms with Crippen LogP contribution < -0.4 is 4.90 Å². The maximum atomic E-state index is 5.76. The van der Waals surface area contributed by atoms with E-state index in [4.69, 9.17) is 11.6 Å². The van der Waals surface area contributed by atoms with Crippen molar-refractivity contribution in [1.29, 1.82) is 0 Å². The Labute approximate surface area is 101 Å². The van der Waals surface area contributed by atoms with Crippen LogP contribution in [0.5, 0.6) is 0 Å². The summed E-state index contributed by atoms with van der Waals surface area (Å²) in [6.45, 7) is 6.17. The van der Waals surface area contributed by atoms with Crippen LogP contribution in [-0.2, 0) is 6.42 Å². The number of hydrogen-bond donors (Lipinski definition) is 0. The number of halogens is 1. The molecule has 0 aromatic carbocycles. The van der Waals surface area contributed by atoms with E-state index in [2.05, 4.69) is 28.1 Å². The van der Waals surface area contributed by atoms with Gasteiger partial charge in [-0.1, -0.05) is 13.8 Å². The molecule has 86 valence electrons. The van der Waals surface area contributed by atoms with Crippen molar-refractivity contribution < 1.29 is 0 Å². The highest BCUT2D eigenvalue weighted by Gasteiger charge is 2.10. The number of nitrogens with zero attached hydrogens (tertiary/aromatic N) is 3. The molecule has 0 aliphatic rings. The third-order valence-electron chi connectivity index (χ3n) is 2.05. The highest BCUT2D eigenvalue weighted by molar-refractivity contribution is 7.09. The lowest BCUT2D eigenvalue weighted by molar-refractivity contribution is 0.782. The van der Waals surface area contributed by atoms with Gasteiger partial charge in [0.05, 0.1) is 0 Å². The number of aryl methyl sites for hydroxylation is 1. The zero-order valence-corrected chi connectivity index (χ0v) is 10.9. The monoisotopic (exact) mass is 247 g/mol. The molecule has 0 amide bonds. The third kappa shape index (κ3) is 3.95. The van der Waals surface area contributed by atoms with Gasteiger partial charge in [0.2, 0.25) is 5.13 Å². The molecule has 0 bridgehead atoms. The van der Waals surface area contributed by atoms with E-state index in [1.165, 1.54) is 11.5 Å². The molecule has 0 aliphatic carbocycles. The van der Waals surface area contributed by atoms with E-state index in [0.29, 0.717) is 5.88 Å². The molecule has 0 saturated heterocycles. The van der Waals surface area contributed by atoms with Gasteiger partial charge in [0.1, 0.15) is 5.82 Å². The lowest BCUT2D eigenvalue weighted by Crippen LogP contribution is -2.26. The van der Waals surface area contributed by atoms with Gasteiger partial charge in [0.15, 0.2) is 0 Å². The number of rotatable bonds is 7. The summed E-state index contributed by atoms with van der Waals surface area (Å²) >= 11 is 7.25. The molecule has 0 saturated carbocycles. The second-order valence-electron chi connectivity index (χ2n) is 3.42. The lowest BCUT2D eigenvalue weighted by atomic mass is 10.3. The standard InChI is InChI=1S/C10H18ClN3S/c1-3-5-9-12-10(15-13-9)14(7-4-2)8-6-11/h3-8H2,1-2H3. The minimum atomic E-state index is 0.642. The summed E-state index contributed by atoms with van der Waals surface area (Å²) in [7, 11) is 0. The molecule has 1 aromatic rings. The van der Waals surface area contributed by atoms with Crippen LogP contribution in [0.4, 0.5) is 5.13 Å². The Balaban J connectivity index is 2.63. The Morgan fingerprint density at radius 1 is 1.27 bits per heavy atom. The van der Waals surface area contributed by atoms with Crippen molar-refractivity contribution in [2.24, 2.45) is 0 Å². The quantitative estimate of drug-likeness (QED) is 0.694. The van der Waals surface area contributed by atoms with E-state index in [1.54, 1.807) is 0 Å². The van der Waals surface area contributed by atoms with E-state index >= 15 is 0 Å². The maximum absolute atomic E-state index is 5.76. The molecule has 0 fully saturated rings. The third-order valence-corrected chi connectivity index (χ3v) is 3.03. The fourth-order valence-corrected chi connectivity index (χ4v) is 2.34. The summed E-state index contributed by atoms with van der Waals surface area (Å²) in [5.74, 6) is 1.61. The topological polar surface area (TPSA) is 29.0 Å². The minimum Gasteiger partial charge on any atom is -0.346 e. The lowest BCUT2D eigenvalue weighted by Gasteiger charge is -2.18. The number of alkyl halides is 1. The van der Waals surface area contributed by atoms with E-state index in [1.807, 2.05) is 0 Å². The zero-order valence-electron chi connectivity index (χ0n) is 9.37. The second-order valence-corrected chi connectivity index (χ2v) is 4.53. The average molecular weight is 248 g/mol. The molecule has 0 unspecified atom stereocenters. The van der Waals surface area contributed by atoms with Gasteiger partial charge in [-0.3, -0.25) is 0 Å². The van der Waals surface area contributed by atoms with Crippen molar-refractivity contribution in [3.8, 4) is 0 Å². The summed E-state index contributed by atoms with van der Waals surface area (Å²) < 4.78 is 4.34. The predicted octanol–water partition coefficient (Wildman–Crippen LogP) is 2.95. The summed E-state index contributed by atoms with van der Waals surface area (Å²) in [6.07, 6.45) is 3.18. The molecule has 1 aromatic heterocycles. The Morgan fingerprint density at radius 2 is 2.07 bits per heavy atom. The molecular weight excluding hydrogens is 230 g/mol. The molecule has 1 heterocycles. The molecule has 0 atom stereocenters. The van der Waals surface area contributed by atoms with Crippen LogP contribution in [0.3, 0.4) is 0 Å². The SMILES string of the molecule is CCCc1nsc(N(CCC)CCCl)n1. The highest BCUT2D eigenvalue weighted by atomic mass is 35.5. The fraction of sp³-hybridized carbons (Fsp3) is 0.800. The van der Waals surface area contributed by atoms with Crippen LogP contribution in [0.25, 0.3) is 0 Å². The van der Waals surface area contributed by atoms with Crippen molar-refractivity contribution in [3.63, 3.8) is 0 Å². The molecule has 1 rings (SSSR count). The summed E-state index contributed by atoms with van der Waals surface area (Å²) in [5.41, 5.74) is 0. The first-order valence-electron chi connectivity index (χ1n) is 5.45. The molecule has 0 spiro atoms. The highest BCUT2D eigenvalue weighted by Crippen LogP contribution is 2.18. The summed E-state index contributed by atoms with van der Waals surface area (Å²) in [5, 5.41) is 1.01. The molecule has 0 radical (unpaired) electrons. The van der Waals surface area contributed by atoms with Crippen LogP contribution in [0.15, 0.2) is 0 Å². The first-order chi connectivity index (χ1) is 7.31. The largest absolute Gasteiger partial charge is 0.346 e. The van der Waals surface area contributed by atoms with Crippen molar-refractivity contribution in [2.45, 2.75) is 33.1 Å². The molecule has 0 N–H and O–H groups in total. The Kier molecular flexibility index (Phi) is 5.95. The van der Waals surface area contributed by atoms with Crippen LogP contribution in [-0.4, -0.2) is 28.3 Å². The van der Waals surface area contributed by atoms with Crippen molar-refractivity contribution in [3.05, 3.63) is 5.82 Å². The summed E-state index contributed by atoms with van der Waals surface area (Å²) in [4.78, 5) is 6.72. The van der Waals surface area contributed by atoms with Crippen LogP contribution >= 0.6 is 23.1 Å². The smallest absolute Gasteiger partial charge is 0.205 e. The van der Waals surface area contributed by atoms with E-state index in [0.717, 1.165) is 43.3 Å². The van der Waals surface area contributed by atoms with Crippen LogP contribution in [0.2, 0.25) is 0 Å². The van der Waals surface area contributed by atoms with Gasteiger partial charge >= 0.3 is 0 Å². The summed E-state index contributed by atoms with van der Waals surface area (Å²) in [6, 6.07) is 0. The van der Waals surface area contributed by atoms with Gasteiger partial charge in [-0.05, 0) is 12.8 Å². The van der Waals surface area contributed by atoms with Crippen molar-refractivity contribution >= 4 is 28.3 Å². The Morgan fingerprint density at radius 3 is 2.67 bits per heavy atom. The first-order valence-corrected chi connectivity index (χ1v) is 6.76. The minimum absolute atomic E-state index is 0.642. The number of aromatic nitrogens is 2. The number of hydrogen-bond acceptors (Lipinski definition) is 4. The second kappa shape index (κ2) is 7.01. The Hall–Kier alpha value is -0.350. The maximum Gasteiger partial charge on any atom is 0.205 e. The zero-order chi connectivity index (χ0) is 11.1. The van der Waals surface area contributed by atoms with Crippen LogP contribution in [0.1, 0.15) is 32.5 Å². The number of anilines is 1. The van der Waals surface area contributed by atoms with Crippen molar-refractivity contribution in [2.75, 3.05) is 23.9 Å². The molecule has 15 heavy (non-hydrogen) atoms. The van der Waals surface area contributed by atoms with Gasteiger partial charge in [-0.15, -0.1) is 11.6 Å². The molecular formula is C10H18ClN3S. The van der Waals surface area contributed by atoms with E-state index in [-0.39, 0.29) is 0 Å². The molecule has 5 heteroatoms. The van der Waals surface area contributed by atoms with Gasteiger partial charge < -0.3 is 4.90 Å². The Bertz CT molecular complexity index is 271. The fourth-order valence-electron chi connectivity index (χ4n) is 1.37. The van der Waals surface area contributed by atoms with Gasteiger partial charge in [0.25, 0.3) is 0 Å². The van der Waals surface area contributed by atoms with Gasteiger partial charge in [-0.25, -0.2) is 4.98 Å². The predicted molar refractivity (Wildman–Crippen MR) is 67.1 cm³/mol. The van der Waals surface area contributed by atoms with E-state index < -0.39 is 0 Å². The van der Waals surface area contributed by atoms with Gasteiger partial charge in [-0.2, -0.15) is 4.37 Å². The van der Waals surface area contributed by atoms with Gasteiger partial charge in [0, 0.05) is 36.9 Å². The van der Waals surface area contributed by atoms with Crippen LogP contribution in [0, 0.1) is 0 Å². The first kappa shape index (κ1) is 12.7. The van der Waals surface area contributed by atoms with E-state index in [9.17, 15) is 0 Å².